The van der Waals surface area contributed by atoms with Crippen LogP contribution in [0.1, 0.15) is 5.56 Å². The standard InChI is InChI=1S/C7H4NOS/c8-5-6-2-1-3-7(4-6)10-9/h1-4H/q+1. The average Bonchev–Trinajstić information content (AvgIpc) is 2.05. The van der Waals surface area contributed by atoms with E-state index in [-0.39, 0.29) is 0 Å². The molecule has 0 aliphatic carbocycles. The molecule has 1 aromatic rings. The SMILES string of the molecule is N#Cc1cccc([S+]=O)c1. The van der Waals surface area contributed by atoms with E-state index in [0.717, 1.165) is 0 Å². The van der Waals surface area contributed by atoms with Crippen molar-refractivity contribution >= 4 is 11.7 Å². The van der Waals surface area contributed by atoms with Crippen LogP contribution in [-0.4, -0.2) is 0 Å². The first-order valence-electron chi connectivity index (χ1n) is 2.67. The lowest BCUT2D eigenvalue weighted by molar-refractivity contribution is 0.605. The Labute approximate surface area is 62.6 Å². The van der Waals surface area contributed by atoms with Crippen LogP contribution in [0.2, 0.25) is 0 Å². The minimum absolute atomic E-state index is 0.397. The monoisotopic (exact) mass is 150 g/mol. The molecule has 48 valence electrons. The van der Waals surface area contributed by atoms with E-state index in [0.29, 0.717) is 22.1 Å². The number of benzene rings is 1. The van der Waals surface area contributed by atoms with Gasteiger partial charge in [-0.2, -0.15) is 5.26 Å². The van der Waals surface area contributed by atoms with E-state index < -0.39 is 0 Å². The molecule has 0 aliphatic heterocycles. The molecular formula is C7H4NOS+. The third kappa shape index (κ3) is 1.36. The first-order chi connectivity index (χ1) is 4.86. The van der Waals surface area contributed by atoms with Crippen molar-refractivity contribution < 1.29 is 4.21 Å². The van der Waals surface area contributed by atoms with E-state index in [4.69, 9.17) is 5.26 Å². The summed E-state index contributed by atoms with van der Waals surface area (Å²) >= 11 is 0.397. The van der Waals surface area contributed by atoms with Crippen molar-refractivity contribution in [2.75, 3.05) is 0 Å². The highest BCUT2D eigenvalue weighted by atomic mass is 32.1. The molecule has 2 nitrogen and oxygen atoms in total. The predicted octanol–water partition coefficient (Wildman–Crippen LogP) is 1.35. The maximum atomic E-state index is 10.2. The largest absolute Gasteiger partial charge is 0.505 e. The Bertz CT molecular complexity index is 290. The van der Waals surface area contributed by atoms with Gasteiger partial charge in [0, 0.05) is 16.3 Å². The van der Waals surface area contributed by atoms with Crippen LogP contribution < -0.4 is 0 Å². The average molecular weight is 150 g/mol. The second-order valence-corrected chi connectivity index (χ2v) is 2.36. The van der Waals surface area contributed by atoms with Gasteiger partial charge in [0.25, 0.3) is 4.90 Å². The Hall–Kier alpha value is -1.27. The molecule has 1 rings (SSSR count). The molecule has 0 bridgehead atoms. The van der Waals surface area contributed by atoms with Crippen LogP contribution in [0.5, 0.6) is 0 Å². The summed E-state index contributed by atoms with van der Waals surface area (Å²) in [5.74, 6) is 0. The molecule has 0 N–H and O–H groups in total. The van der Waals surface area contributed by atoms with Crippen LogP contribution >= 0.6 is 0 Å². The molecule has 0 radical (unpaired) electrons. The summed E-state index contributed by atoms with van der Waals surface area (Å²) in [6.45, 7) is 0. The molecule has 0 amide bonds. The Morgan fingerprint density at radius 3 is 2.90 bits per heavy atom. The Kier molecular flexibility index (Phi) is 2.08. The molecule has 0 aromatic heterocycles. The summed E-state index contributed by atoms with van der Waals surface area (Å²) in [7, 11) is 0. The molecule has 3 heteroatoms. The summed E-state index contributed by atoms with van der Waals surface area (Å²) in [5, 5.41) is 8.40. The van der Waals surface area contributed by atoms with Crippen LogP contribution in [0.25, 0.3) is 0 Å². The van der Waals surface area contributed by atoms with Crippen LogP contribution in [0.4, 0.5) is 0 Å². The van der Waals surface area contributed by atoms with Gasteiger partial charge < -0.3 is 0 Å². The van der Waals surface area contributed by atoms with Crippen LogP contribution in [-0.2, 0) is 15.9 Å². The first kappa shape index (κ1) is 6.84. The third-order valence-corrected chi connectivity index (χ3v) is 1.51. The van der Waals surface area contributed by atoms with Gasteiger partial charge in [0.05, 0.1) is 11.6 Å². The molecule has 10 heavy (non-hydrogen) atoms. The van der Waals surface area contributed by atoms with E-state index in [1.54, 1.807) is 24.3 Å². The smallest absolute Gasteiger partial charge is 0.192 e. The van der Waals surface area contributed by atoms with Crippen molar-refractivity contribution in [1.29, 1.82) is 5.26 Å². The summed E-state index contributed by atoms with van der Waals surface area (Å²) in [4.78, 5) is 0.582. The summed E-state index contributed by atoms with van der Waals surface area (Å²) < 4.78 is 10.2. The quantitative estimate of drug-likeness (QED) is 0.567. The molecule has 0 aliphatic rings. The minimum atomic E-state index is 0.397. The number of rotatable bonds is 1. The Balaban J connectivity index is 3.13. The highest BCUT2D eigenvalue weighted by Crippen LogP contribution is 2.02. The topological polar surface area (TPSA) is 40.9 Å². The van der Waals surface area contributed by atoms with Gasteiger partial charge in [-0.05, 0) is 6.07 Å². The van der Waals surface area contributed by atoms with E-state index in [2.05, 4.69) is 0 Å². The molecule has 0 saturated carbocycles. The van der Waals surface area contributed by atoms with E-state index in [1.165, 1.54) is 0 Å². The van der Waals surface area contributed by atoms with Crippen molar-refractivity contribution in [1.82, 2.24) is 0 Å². The molecule has 1 aromatic carbocycles. The predicted molar refractivity (Wildman–Crippen MR) is 37.5 cm³/mol. The Morgan fingerprint density at radius 1 is 1.50 bits per heavy atom. The molecule has 0 unspecified atom stereocenters. The molecule has 0 atom stereocenters. The highest BCUT2D eigenvalue weighted by Gasteiger charge is 2.04. The fourth-order valence-electron chi connectivity index (χ4n) is 0.617. The minimum Gasteiger partial charge on any atom is -0.192 e. The first-order valence-corrected chi connectivity index (χ1v) is 3.41. The molecule has 0 spiro atoms. The lowest BCUT2D eigenvalue weighted by Crippen LogP contribution is -1.75. The summed E-state index contributed by atoms with van der Waals surface area (Å²) in [6.07, 6.45) is 0. The van der Waals surface area contributed by atoms with Gasteiger partial charge in [0.2, 0.25) is 0 Å². The van der Waals surface area contributed by atoms with Crippen LogP contribution in [0.3, 0.4) is 0 Å². The third-order valence-electron chi connectivity index (χ3n) is 1.06. The van der Waals surface area contributed by atoms with Gasteiger partial charge >= 0.3 is 11.7 Å². The van der Waals surface area contributed by atoms with E-state index in [1.807, 2.05) is 6.07 Å². The van der Waals surface area contributed by atoms with E-state index >= 15 is 0 Å². The van der Waals surface area contributed by atoms with Crippen LogP contribution in [0.15, 0.2) is 29.2 Å². The van der Waals surface area contributed by atoms with Crippen molar-refractivity contribution in [2.45, 2.75) is 4.90 Å². The van der Waals surface area contributed by atoms with Crippen molar-refractivity contribution in [3.8, 4) is 6.07 Å². The van der Waals surface area contributed by atoms with Gasteiger partial charge in [-0.25, -0.2) is 0 Å². The van der Waals surface area contributed by atoms with Gasteiger partial charge in [-0.1, -0.05) is 6.07 Å². The number of hydrogen-bond acceptors (Lipinski definition) is 2. The molecule has 0 heterocycles. The van der Waals surface area contributed by atoms with Crippen LogP contribution in [0, 0.1) is 11.3 Å². The normalized spacial score (nSPS) is 8.30. The van der Waals surface area contributed by atoms with Crippen molar-refractivity contribution in [2.24, 2.45) is 0 Å². The zero-order chi connectivity index (χ0) is 7.40. The summed E-state index contributed by atoms with van der Waals surface area (Å²) in [5.41, 5.74) is 0.529. The van der Waals surface area contributed by atoms with E-state index in [9.17, 15) is 4.21 Å². The van der Waals surface area contributed by atoms with Gasteiger partial charge in [-0.15, -0.1) is 0 Å². The van der Waals surface area contributed by atoms with Crippen molar-refractivity contribution in [3.63, 3.8) is 0 Å². The second-order valence-electron chi connectivity index (χ2n) is 1.72. The Morgan fingerprint density at radius 2 is 2.30 bits per heavy atom. The summed E-state index contributed by atoms with van der Waals surface area (Å²) in [6, 6.07) is 8.56. The number of nitriles is 1. The zero-order valence-corrected chi connectivity index (χ0v) is 5.89. The fraction of sp³-hybridized carbons (Fsp3) is 0. The fourth-order valence-corrected chi connectivity index (χ4v) is 0.927. The number of nitrogens with zero attached hydrogens (tertiary/aromatic N) is 1. The molecule has 0 fully saturated rings. The molecular weight excluding hydrogens is 146 g/mol. The zero-order valence-electron chi connectivity index (χ0n) is 5.07. The number of hydrogen-bond donors (Lipinski definition) is 0. The van der Waals surface area contributed by atoms with Gasteiger partial charge in [0.15, 0.2) is 0 Å². The van der Waals surface area contributed by atoms with Crippen molar-refractivity contribution in [3.05, 3.63) is 29.8 Å². The molecule has 0 saturated heterocycles. The lowest BCUT2D eigenvalue weighted by Gasteiger charge is -1.79. The van der Waals surface area contributed by atoms with Gasteiger partial charge in [-0.3, -0.25) is 0 Å². The van der Waals surface area contributed by atoms with Gasteiger partial charge in [0.1, 0.15) is 0 Å². The maximum absolute atomic E-state index is 10.2. The second kappa shape index (κ2) is 3.04. The highest BCUT2D eigenvalue weighted by molar-refractivity contribution is 7.65. The lowest BCUT2D eigenvalue weighted by atomic mass is 10.2. The maximum Gasteiger partial charge on any atom is 0.505 e.